The molecule has 1 N–H and O–H groups in total. The molecule has 148 valence electrons. The van der Waals surface area contributed by atoms with Gasteiger partial charge in [0.2, 0.25) is 10.0 Å². The number of anilines is 1. The van der Waals surface area contributed by atoms with Crippen molar-refractivity contribution in [2.45, 2.75) is 31.2 Å². The van der Waals surface area contributed by atoms with E-state index in [1.54, 1.807) is 11.8 Å². The van der Waals surface area contributed by atoms with Crippen LogP contribution in [0.3, 0.4) is 0 Å². The van der Waals surface area contributed by atoms with E-state index in [1.165, 1.54) is 24.3 Å². The molecule has 0 spiro atoms. The van der Waals surface area contributed by atoms with Crippen molar-refractivity contribution in [2.75, 3.05) is 18.1 Å². The van der Waals surface area contributed by atoms with Crippen LogP contribution in [-0.2, 0) is 26.0 Å². The average Bonchev–Trinajstić information content (AvgIpc) is 3.01. The molecule has 1 aliphatic heterocycles. The number of carbonyl (C=O) groups is 2. The molecule has 2 aromatic carbocycles. The van der Waals surface area contributed by atoms with Crippen LogP contribution in [0.5, 0.6) is 0 Å². The summed E-state index contributed by atoms with van der Waals surface area (Å²) in [6.45, 7) is 3.43. The monoisotopic (exact) mass is 402 g/mol. The van der Waals surface area contributed by atoms with Gasteiger partial charge in [-0.2, -0.15) is 0 Å². The Morgan fingerprint density at radius 2 is 1.93 bits per heavy atom. The highest BCUT2D eigenvalue weighted by atomic mass is 32.2. The van der Waals surface area contributed by atoms with Gasteiger partial charge in [-0.25, -0.2) is 17.9 Å². The number of rotatable bonds is 6. The molecular formula is C20H22N2O5S. The van der Waals surface area contributed by atoms with E-state index in [0.29, 0.717) is 0 Å². The third-order valence-electron chi connectivity index (χ3n) is 4.52. The number of amides is 1. The molecule has 1 heterocycles. The molecule has 0 fully saturated rings. The summed E-state index contributed by atoms with van der Waals surface area (Å²) in [5.41, 5.74) is 1.98. The highest BCUT2D eigenvalue weighted by Crippen LogP contribution is 2.31. The molecule has 8 heteroatoms. The van der Waals surface area contributed by atoms with E-state index in [9.17, 15) is 18.0 Å². The van der Waals surface area contributed by atoms with Gasteiger partial charge in [0.1, 0.15) is 0 Å². The standard InChI is InChI=1S/C20H22N2O5S/c1-3-21-28(25,26)17-9-6-8-16(12-17)20(24)27-13-19(23)22-14(2)11-15-7-4-5-10-18(15)22/h4-10,12,14,21H,3,11,13H2,1-2H3. The molecule has 1 aliphatic rings. The summed E-state index contributed by atoms with van der Waals surface area (Å²) in [5.74, 6) is -1.07. The molecule has 0 saturated carbocycles. The van der Waals surface area contributed by atoms with Gasteiger partial charge in [-0.05, 0) is 43.2 Å². The lowest BCUT2D eigenvalue weighted by Gasteiger charge is -2.22. The first-order valence-electron chi connectivity index (χ1n) is 9.00. The van der Waals surface area contributed by atoms with Gasteiger partial charge in [-0.1, -0.05) is 31.2 Å². The number of carbonyl (C=O) groups excluding carboxylic acids is 2. The maximum atomic E-state index is 12.6. The number of benzene rings is 2. The van der Waals surface area contributed by atoms with Gasteiger partial charge in [-0.3, -0.25) is 4.79 Å². The highest BCUT2D eigenvalue weighted by Gasteiger charge is 2.31. The second-order valence-electron chi connectivity index (χ2n) is 6.55. The van der Waals surface area contributed by atoms with Gasteiger partial charge < -0.3 is 9.64 Å². The molecule has 0 bridgehead atoms. The van der Waals surface area contributed by atoms with E-state index >= 15 is 0 Å². The quantitative estimate of drug-likeness (QED) is 0.747. The van der Waals surface area contributed by atoms with Gasteiger partial charge in [0.15, 0.2) is 6.61 Å². The number of fused-ring (bicyclic) bond motifs is 1. The van der Waals surface area contributed by atoms with Crippen molar-refractivity contribution in [1.82, 2.24) is 4.72 Å². The first-order chi connectivity index (χ1) is 13.3. The largest absolute Gasteiger partial charge is 0.452 e. The summed E-state index contributed by atoms with van der Waals surface area (Å²) in [7, 11) is -3.68. The molecule has 1 amide bonds. The molecule has 3 rings (SSSR count). The summed E-state index contributed by atoms with van der Waals surface area (Å²) in [6.07, 6.45) is 0.750. The van der Waals surface area contributed by atoms with Crippen LogP contribution in [0.25, 0.3) is 0 Å². The molecule has 0 aliphatic carbocycles. The Balaban J connectivity index is 1.69. The molecule has 0 aromatic heterocycles. The first kappa shape index (κ1) is 20.0. The fourth-order valence-electron chi connectivity index (χ4n) is 3.29. The van der Waals surface area contributed by atoms with Crippen LogP contribution < -0.4 is 9.62 Å². The number of para-hydroxylation sites is 1. The lowest BCUT2D eigenvalue weighted by atomic mass is 10.1. The first-order valence-corrected chi connectivity index (χ1v) is 10.5. The Kier molecular flexibility index (Phi) is 5.81. The Labute approximate surface area is 164 Å². The van der Waals surface area contributed by atoms with Gasteiger partial charge in [0, 0.05) is 18.3 Å². The summed E-state index contributed by atoms with van der Waals surface area (Å²) >= 11 is 0. The SMILES string of the molecule is CCNS(=O)(=O)c1cccc(C(=O)OCC(=O)N2c3ccccc3CC2C)c1. The Morgan fingerprint density at radius 3 is 2.68 bits per heavy atom. The summed E-state index contributed by atoms with van der Waals surface area (Å²) in [5, 5.41) is 0. The van der Waals surface area contributed by atoms with E-state index in [4.69, 9.17) is 4.74 Å². The van der Waals surface area contributed by atoms with E-state index in [-0.39, 0.29) is 29.0 Å². The lowest BCUT2D eigenvalue weighted by Crippen LogP contribution is -2.38. The van der Waals surface area contributed by atoms with Gasteiger partial charge >= 0.3 is 5.97 Å². The zero-order chi connectivity index (χ0) is 20.3. The molecule has 2 aromatic rings. The number of sulfonamides is 1. The van der Waals surface area contributed by atoms with Crippen molar-refractivity contribution < 1.29 is 22.7 Å². The third kappa shape index (κ3) is 4.07. The topological polar surface area (TPSA) is 92.8 Å². The number of hydrogen-bond acceptors (Lipinski definition) is 5. The molecule has 1 atom stereocenters. The van der Waals surface area contributed by atoms with Crippen LogP contribution in [0.15, 0.2) is 53.4 Å². The molecular weight excluding hydrogens is 380 g/mol. The zero-order valence-corrected chi connectivity index (χ0v) is 16.5. The van der Waals surface area contributed by atoms with Crippen molar-refractivity contribution in [3.63, 3.8) is 0 Å². The van der Waals surface area contributed by atoms with Gasteiger partial charge in [-0.15, -0.1) is 0 Å². The molecule has 7 nitrogen and oxygen atoms in total. The van der Waals surface area contributed by atoms with E-state index in [2.05, 4.69) is 4.72 Å². The van der Waals surface area contributed by atoms with Crippen molar-refractivity contribution in [1.29, 1.82) is 0 Å². The minimum Gasteiger partial charge on any atom is -0.452 e. The van der Waals surface area contributed by atoms with Crippen LogP contribution in [0.1, 0.15) is 29.8 Å². The van der Waals surface area contributed by atoms with Crippen LogP contribution in [-0.4, -0.2) is 39.5 Å². The number of ether oxygens (including phenoxy) is 1. The zero-order valence-electron chi connectivity index (χ0n) is 15.7. The van der Waals surface area contributed by atoms with Gasteiger partial charge in [0.25, 0.3) is 5.91 Å². The second kappa shape index (κ2) is 8.12. The predicted molar refractivity (Wildman–Crippen MR) is 105 cm³/mol. The summed E-state index contributed by atoms with van der Waals surface area (Å²) in [4.78, 5) is 26.5. The smallest absolute Gasteiger partial charge is 0.338 e. The maximum absolute atomic E-state index is 12.6. The summed E-state index contributed by atoms with van der Waals surface area (Å²) < 4.78 is 31.7. The second-order valence-corrected chi connectivity index (χ2v) is 8.32. The van der Waals surface area contributed by atoms with Crippen LogP contribution in [0, 0.1) is 0 Å². The van der Waals surface area contributed by atoms with Crippen molar-refractivity contribution in [2.24, 2.45) is 0 Å². The molecule has 0 saturated heterocycles. The van der Waals surface area contributed by atoms with Crippen LogP contribution >= 0.6 is 0 Å². The molecule has 1 unspecified atom stereocenters. The highest BCUT2D eigenvalue weighted by molar-refractivity contribution is 7.89. The number of hydrogen-bond donors (Lipinski definition) is 1. The Hall–Kier alpha value is -2.71. The molecule has 0 radical (unpaired) electrons. The number of nitrogens with zero attached hydrogens (tertiary/aromatic N) is 1. The van der Waals surface area contributed by atoms with Crippen molar-refractivity contribution in [3.8, 4) is 0 Å². The Bertz CT molecular complexity index is 1000. The average molecular weight is 402 g/mol. The maximum Gasteiger partial charge on any atom is 0.338 e. The van der Waals surface area contributed by atoms with Crippen molar-refractivity contribution >= 4 is 27.6 Å². The molecule has 28 heavy (non-hydrogen) atoms. The van der Waals surface area contributed by atoms with Crippen molar-refractivity contribution in [3.05, 3.63) is 59.7 Å². The Morgan fingerprint density at radius 1 is 1.18 bits per heavy atom. The minimum atomic E-state index is -3.68. The number of esters is 1. The number of nitrogens with one attached hydrogen (secondary N) is 1. The lowest BCUT2D eigenvalue weighted by molar-refractivity contribution is -0.122. The van der Waals surface area contributed by atoms with E-state index in [0.717, 1.165) is 17.7 Å². The van der Waals surface area contributed by atoms with E-state index in [1.807, 2.05) is 31.2 Å². The van der Waals surface area contributed by atoms with Crippen LogP contribution in [0.4, 0.5) is 5.69 Å². The van der Waals surface area contributed by atoms with E-state index < -0.39 is 22.6 Å². The normalized spacial score (nSPS) is 15.9. The fourth-order valence-corrected chi connectivity index (χ4v) is 4.38. The summed E-state index contributed by atoms with van der Waals surface area (Å²) in [6, 6.07) is 13.1. The minimum absolute atomic E-state index is 0.0165. The predicted octanol–water partition coefficient (Wildman–Crippen LogP) is 2.12. The third-order valence-corrected chi connectivity index (χ3v) is 6.06. The van der Waals surface area contributed by atoms with Crippen LogP contribution in [0.2, 0.25) is 0 Å². The van der Waals surface area contributed by atoms with Gasteiger partial charge in [0.05, 0.1) is 10.5 Å². The fraction of sp³-hybridized carbons (Fsp3) is 0.300.